The van der Waals surface area contributed by atoms with Gasteiger partial charge in [0, 0.05) is 25.0 Å². The summed E-state index contributed by atoms with van der Waals surface area (Å²) in [5, 5.41) is 17.8. The first-order chi connectivity index (χ1) is 8.22. The summed E-state index contributed by atoms with van der Waals surface area (Å²) in [5.74, 6) is -0.514. The molecule has 6 heteroatoms. The van der Waals surface area contributed by atoms with Crippen LogP contribution in [0.25, 0.3) is 0 Å². The molecule has 0 radical (unpaired) electrons. The quantitative estimate of drug-likeness (QED) is 0.662. The number of ether oxygens (including phenoxy) is 1. The summed E-state index contributed by atoms with van der Waals surface area (Å²) in [7, 11) is 1.29. The summed E-state index contributed by atoms with van der Waals surface area (Å²) in [4.78, 5) is 16.9. The number of hydrogen-bond acceptors (Lipinski definition) is 6. The van der Waals surface area contributed by atoms with E-state index in [0.717, 1.165) is 0 Å². The van der Waals surface area contributed by atoms with Crippen LogP contribution in [0.4, 0.5) is 5.69 Å². The number of carbonyl (C=O) groups is 1. The molecule has 0 spiro atoms. The molecule has 1 aromatic heterocycles. The number of hydrogen-bond donors (Lipinski definition) is 2. The van der Waals surface area contributed by atoms with Gasteiger partial charge in [-0.05, 0) is 12.1 Å². The van der Waals surface area contributed by atoms with Crippen molar-refractivity contribution in [3.8, 4) is 0 Å². The average Bonchev–Trinajstić information content (AvgIpc) is 2.37. The van der Waals surface area contributed by atoms with Crippen LogP contribution < -0.4 is 4.90 Å². The first kappa shape index (κ1) is 13.4. The molecule has 2 N–H and O–H groups in total. The van der Waals surface area contributed by atoms with Gasteiger partial charge in [0.15, 0.2) is 0 Å². The molecule has 0 aliphatic carbocycles. The fraction of sp³-hybridized carbons (Fsp3) is 0.455. The van der Waals surface area contributed by atoms with Crippen LogP contribution in [0, 0.1) is 0 Å². The van der Waals surface area contributed by atoms with Crippen LogP contribution in [-0.2, 0) is 4.74 Å². The highest BCUT2D eigenvalue weighted by molar-refractivity contribution is 5.88. The summed E-state index contributed by atoms with van der Waals surface area (Å²) < 4.78 is 4.57. The first-order valence-corrected chi connectivity index (χ1v) is 5.24. The maximum absolute atomic E-state index is 11.3. The van der Waals surface area contributed by atoms with Crippen LogP contribution in [0.3, 0.4) is 0 Å². The Hall–Kier alpha value is -1.66. The molecule has 17 heavy (non-hydrogen) atoms. The molecule has 6 nitrogen and oxygen atoms in total. The Morgan fingerprint density at radius 3 is 2.59 bits per heavy atom. The third-order valence-corrected chi connectivity index (χ3v) is 2.24. The Kier molecular flexibility index (Phi) is 5.38. The SMILES string of the molecule is COC(=O)c1cc(N(CCO)CCO)ccn1. The van der Waals surface area contributed by atoms with Gasteiger partial charge in [-0.25, -0.2) is 9.78 Å². The van der Waals surface area contributed by atoms with Gasteiger partial charge in [0.2, 0.25) is 0 Å². The number of pyridine rings is 1. The number of anilines is 1. The lowest BCUT2D eigenvalue weighted by atomic mass is 10.3. The molecule has 0 aliphatic heterocycles. The monoisotopic (exact) mass is 240 g/mol. The van der Waals surface area contributed by atoms with E-state index in [1.807, 2.05) is 0 Å². The summed E-state index contributed by atoms with van der Waals surface area (Å²) in [6.45, 7) is 0.697. The maximum Gasteiger partial charge on any atom is 0.356 e. The zero-order valence-electron chi connectivity index (χ0n) is 9.67. The molecule has 0 saturated carbocycles. The minimum Gasteiger partial charge on any atom is -0.464 e. The van der Waals surface area contributed by atoms with E-state index in [2.05, 4.69) is 9.72 Å². The third kappa shape index (κ3) is 3.69. The van der Waals surface area contributed by atoms with Crippen molar-refractivity contribution in [2.75, 3.05) is 38.3 Å². The van der Waals surface area contributed by atoms with E-state index in [1.165, 1.54) is 13.3 Å². The van der Waals surface area contributed by atoms with Gasteiger partial charge in [0.1, 0.15) is 5.69 Å². The van der Waals surface area contributed by atoms with Crippen LogP contribution in [0.2, 0.25) is 0 Å². The largest absolute Gasteiger partial charge is 0.464 e. The predicted molar refractivity (Wildman–Crippen MR) is 62.0 cm³/mol. The number of rotatable bonds is 6. The Bertz CT molecular complexity index is 364. The maximum atomic E-state index is 11.3. The molecule has 94 valence electrons. The molecule has 0 atom stereocenters. The lowest BCUT2D eigenvalue weighted by molar-refractivity contribution is 0.0594. The van der Waals surface area contributed by atoms with E-state index >= 15 is 0 Å². The second-order valence-corrected chi connectivity index (χ2v) is 3.33. The lowest BCUT2D eigenvalue weighted by Gasteiger charge is -2.22. The van der Waals surface area contributed by atoms with Crippen molar-refractivity contribution >= 4 is 11.7 Å². The average molecular weight is 240 g/mol. The first-order valence-electron chi connectivity index (χ1n) is 5.24. The minimum atomic E-state index is -0.514. The van der Waals surface area contributed by atoms with Gasteiger partial charge in [-0.3, -0.25) is 0 Å². The second kappa shape index (κ2) is 6.82. The van der Waals surface area contributed by atoms with Gasteiger partial charge in [0.25, 0.3) is 0 Å². The smallest absolute Gasteiger partial charge is 0.356 e. The van der Waals surface area contributed by atoms with Crippen LogP contribution in [0.15, 0.2) is 18.3 Å². The van der Waals surface area contributed by atoms with Crippen molar-refractivity contribution in [2.45, 2.75) is 0 Å². The Balaban J connectivity index is 2.91. The number of nitrogens with zero attached hydrogens (tertiary/aromatic N) is 2. The Morgan fingerprint density at radius 1 is 1.41 bits per heavy atom. The molecule has 0 aliphatic rings. The van der Waals surface area contributed by atoms with Crippen LogP contribution >= 0.6 is 0 Å². The molecular weight excluding hydrogens is 224 g/mol. The van der Waals surface area contributed by atoms with E-state index in [0.29, 0.717) is 18.8 Å². The molecule has 1 heterocycles. The summed E-state index contributed by atoms with van der Waals surface area (Å²) in [6, 6.07) is 3.27. The fourth-order valence-electron chi connectivity index (χ4n) is 1.44. The molecular formula is C11H16N2O4. The highest BCUT2D eigenvalue weighted by atomic mass is 16.5. The fourth-order valence-corrected chi connectivity index (χ4v) is 1.44. The highest BCUT2D eigenvalue weighted by Crippen LogP contribution is 2.14. The van der Waals surface area contributed by atoms with Gasteiger partial charge in [-0.2, -0.15) is 0 Å². The molecule has 1 aromatic rings. The summed E-state index contributed by atoms with van der Waals surface area (Å²) in [6.07, 6.45) is 1.49. The van der Waals surface area contributed by atoms with Crippen LogP contribution in [0.5, 0.6) is 0 Å². The number of esters is 1. The predicted octanol–water partition coefficient (Wildman–Crippen LogP) is -0.341. The van der Waals surface area contributed by atoms with E-state index < -0.39 is 5.97 Å². The lowest BCUT2D eigenvalue weighted by Crippen LogP contribution is -2.29. The van der Waals surface area contributed by atoms with E-state index in [4.69, 9.17) is 10.2 Å². The highest BCUT2D eigenvalue weighted by Gasteiger charge is 2.11. The van der Waals surface area contributed by atoms with Gasteiger partial charge in [0.05, 0.1) is 20.3 Å². The number of carbonyl (C=O) groups excluding carboxylic acids is 1. The zero-order valence-corrected chi connectivity index (χ0v) is 9.67. The number of methoxy groups -OCH3 is 1. The normalized spacial score (nSPS) is 10.1. The molecule has 0 fully saturated rings. The number of aliphatic hydroxyl groups excluding tert-OH is 2. The van der Waals surface area contributed by atoms with E-state index in [-0.39, 0.29) is 18.9 Å². The summed E-state index contributed by atoms with van der Waals surface area (Å²) >= 11 is 0. The van der Waals surface area contributed by atoms with E-state index in [1.54, 1.807) is 17.0 Å². The van der Waals surface area contributed by atoms with Gasteiger partial charge in [-0.1, -0.05) is 0 Å². The number of aliphatic hydroxyl groups is 2. The molecule has 0 aromatic carbocycles. The minimum absolute atomic E-state index is 0.0319. The Labute approximate surface area is 99.5 Å². The third-order valence-electron chi connectivity index (χ3n) is 2.24. The molecule has 0 unspecified atom stereocenters. The van der Waals surface area contributed by atoms with Crippen LogP contribution in [0.1, 0.15) is 10.5 Å². The van der Waals surface area contributed by atoms with Gasteiger partial charge in [-0.15, -0.1) is 0 Å². The topological polar surface area (TPSA) is 82.9 Å². The number of aromatic nitrogens is 1. The van der Waals surface area contributed by atoms with Crippen molar-refractivity contribution in [2.24, 2.45) is 0 Å². The van der Waals surface area contributed by atoms with Crippen LogP contribution in [-0.4, -0.2) is 54.6 Å². The standard InChI is InChI=1S/C11H16N2O4/c1-17-11(16)10-8-9(2-3-12-10)13(4-6-14)5-7-15/h2-3,8,14-15H,4-7H2,1H3. The van der Waals surface area contributed by atoms with Crippen molar-refractivity contribution in [1.82, 2.24) is 4.98 Å². The molecule has 0 bridgehead atoms. The molecule has 1 rings (SSSR count). The molecule has 0 amide bonds. The van der Waals surface area contributed by atoms with Crippen molar-refractivity contribution in [3.63, 3.8) is 0 Å². The van der Waals surface area contributed by atoms with Gasteiger partial charge >= 0.3 is 5.97 Å². The Morgan fingerprint density at radius 2 is 2.06 bits per heavy atom. The second-order valence-electron chi connectivity index (χ2n) is 3.33. The van der Waals surface area contributed by atoms with Crippen molar-refractivity contribution in [3.05, 3.63) is 24.0 Å². The summed E-state index contributed by atoms with van der Waals surface area (Å²) in [5.41, 5.74) is 0.911. The van der Waals surface area contributed by atoms with Crippen molar-refractivity contribution in [1.29, 1.82) is 0 Å². The zero-order chi connectivity index (χ0) is 12.7. The van der Waals surface area contributed by atoms with Gasteiger partial charge < -0.3 is 19.8 Å². The molecule has 0 saturated heterocycles. The van der Waals surface area contributed by atoms with Crippen molar-refractivity contribution < 1.29 is 19.7 Å². The van der Waals surface area contributed by atoms with E-state index in [9.17, 15) is 4.79 Å².